The molecular formula is C19H30N2O3. The van der Waals surface area contributed by atoms with Gasteiger partial charge in [-0.2, -0.15) is 0 Å². The number of likely N-dealkylation sites (tertiary alicyclic amines) is 1. The van der Waals surface area contributed by atoms with Crippen LogP contribution >= 0.6 is 0 Å². The minimum absolute atomic E-state index is 0.0966. The molecule has 2 N–H and O–H groups in total. The van der Waals surface area contributed by atoms with Gasteiger partial charge in [-0.15, -0.1) is 0 Å². The summed E-state index contributed by atoms with van der Waals surface area (Å²) >= 11 is 0. The van der Waals surface area contributed by atoms with Crippen molar-refractivity contribution in [3.8, 4) is 5.75 Å². The molecule has 0 saturated carbocycles. The number of hydrogen-bond donors (Lipinski definition) is 2. The summed E-state index contributed by atoms with van der Waals surface area (Å²) in [6.45, 7) is 8.00. The summed E-state index contributed by atoms with van der Waals surface area (Å²) in [6.07, 6.45) is 3.15. The fourth-order valence-corrected chi connectivity index (χ4v) is 3.30. The first-order valence-electron chi connectivity index (χ1n) is 8.86. The number of aliphatic hydroxyl groups excluding tert-OH is 1. The molecule has 24 heavy (non-hydrogen) atoms. The van der Waals surface area contributed by atoms with Gasteiger partial charge in [0, 0.05) is 25.2 Å². The maximum absolute atomic E-state index is 11.0. The van der Waals surface area contributed by atoms with Crippen LogP contribution in [0.25, 0.3) is 0 Å². The van der Waals surface area contributed by atoms with Gasteiger partial charge in [0.25, 0.3) is 0 Å². The highest BCUT2D eigenvalue weighted by Gasteiger charge is 2.26. The van der Waals surface area contributed by atoms with E-state index in [0.29, 0.717) is 24.3 Å². The molecule has 0 spiro atoms. The van der Waals surface area contributed by atoms with Gasteiger partial charge in [0.1, 0.15) is 18.5 Å². The first kappa shape index (κ1) is 18.7. The molecule has 0 aromatic heterocycles. The number of nitrogens with one attached hydrogen (secondary N) is 1. The number of amides is 1. The minimum atomic E-state index is -0.493. The van der Waals surface area contributed by atoms with Gasteiger partial charge in [-0.05, 0) is 56.0 Å². The second-order valence-corrected chi connectivity index (χ2v) is 7.09. The third kappa shape index (κ3) is 6.13. The molecule has 0 bridgehead atoms. The second kappa shape index (κ2) is 9.04. The maximum atomic E-state index is 11.0. The fraction of sp³-hybridized carbons (Fsp3) is 0.632. The molecule has 1 fully saturated rings. The van der Waals surface area contributed by atoms with E-state index >= 15 is 0 Å². The Balaban J connectivity index is 1.76. The number of nitrogens with zero attached hydrogens (tertiary/aromatic N) is 1. The van der Waals surface area contributed by atoms with E-state index in [1.807, 2.05) is 0 Å². The van der Waals surface area contributed by atoms with Gasteiger partial charge in [-0.1, -0.05) is 13.8 Å². The van der Waals surface area contributed by atoms with E-state index in [2.05, 4.69) is 24.1 Å². The molecule has 1 aliphatic rings. The van der Waals surface area contributed by atoms with E-state index in [4.69, 9.17) is 4.74 Å². The lowest BCUT2D eigenvalue weighted by atomic mass is 10.0. The summed E-state index contributed by atoms with van der Waals surface area (Å²) in [5.74, 6) is 1.29. The molecule has 5 heteroatoms. The number of carbonyl (C=O) groups is 1. The summed E-state index contributed by atoms with van der Waals surface area (Å²) in [7, 11) is 0. The van der Waals surface area contributed by atoms with Gasteiger partial charge in [0.05, 0.1) is 0 Å². The topological polar surface area (TPSA) is 61.8 Å². The van der Waals surface area contributed by atoms with Crippen molar-refractivity contribution in [1.82, 2.24) is 4.90 Å². The average molecular weight is 334 g/mol. The van der Waals surface area contributed by atoms with Crippen LogP contribution in [0.5, 0.6) is 5.75 Å². The lowest BCUT2D eigenvalue weighted by Gasteiger charge is -2.28. The highest BCUT2D eigenvalue weighted by molar-refractivity contribution is 5.88. The number of hydrogen-bond acceptors (Lipinski definition) is 4. The third-order valence-corrected chi connectivity index (χ3v) is 4.30. The van der Waals surface area contributed by atoms with E-state index < -0.39 is 6.10 Å². The molecule has 0 aliphatic carbocycles. The molecule has 2 rings (SSSR count). The summed E-state index contributed by atoms with van der Waals surface area (Å²) in [4.78, 5) is 13.4. The van der Waals surface area contributed by atoms with Gasteiger partial charge in [0.15, 0.2) is 0 Å². The van der Waals surface area contributed by atoms with Crippen molar-refractivity contribution in [1.29, 1.82) is 0 Å². The molecule has 1 aromatic carbocycles. The monoisotopic (exact) mass is 334 g/mol. The lowest BCUT2D eigenvalue weighted by molar-refractivity contribution is -0.114. The fourth-order valence-electron chi connectivity index (χ4n) is 3.30. The van der Waals surface area contributed by atoms with Crippen molar-refractivity contribution in [2.75, 3.05) is 25.0 Å². The molecule has 1 aromatic rings. The van der Waals surface area contributed by atoms with Crippen molar-refractivity contribution in [3.63, 3.8) is 0 Å². The smallest absolute Gasteiger partial charge is 0.221 e. The lowest BCUT2D eigenvalue weighted by Crippen LogP contribution is -2.39. The van der Waals surface area contributed by atoms with Crippen molar-refractivity contribution < 1.29 is 14.6 Å². The highest BCUT2D eigenvalue weighted by Crippen LogP contribution is 2.23. The predicted molar refractivity (Wildman–Crippen MR) is 96.3 cm³/mol. The van der Waals surface area contributed by atoms with Crippen molar-refractivity contribution in [2.45, 2.75) is 52.2 Å². The number of ether oxygens (including phenoxy) is 1. The van der Waals surface area contributed by atoms with Crippen LogP contribution in [0, 0.1) is 5.92 Å². The summed E-state index contributed by atoms with van der Waals surface area (Å²) in [6, 6.07) is 7.78. The van der Waals surface area contributed by atoms with Crippen molar-refractivity contribution in [2.24, 2.45) is 5.92 Å². The SMILES string of the molecule is CC(=O)Nc1ccc(OCC(O)CN2CCCC2CC(C)C)cc1. The minimum Gasteiger partial charge on any atom is -0.491 e. The molecule has 2 unspecified atom stereocenters. The third-order valence-electron chi connectivity index (χ3n) is 4.30. The summed E-state index contributed by atoms with van der Waals surface area (Å²) in [5.41, 5.74) is 0.740. The van der Waals surface area contributed by atoms with Crippen LogP contribution in [-0.4, -0.2) is 47.8 Å². The van der Waals surface area contributed by atoms with E-state index in [1.54, 1.807) is 24.3 Å². The zero-order valence-electron chi connectivity index (χ0n) is 15.0. The van der Waals surface area contributed by atoms with Crippen LogP contribution in [0.3, 0.4) is 0 Å². The normalized spacial score (nSPS) is 19.5. The van der Waals surface area contributed by atoms with E-state index in [0.717, 1.165) is 12.2 Å². The Hall–Kier alpha value is -1.59. The Bertz CT molecular complexity index is 516. The first-order chi connectivity index (χ1) is 11.4. The van der Waals surface area contributed by atoms with Crippen LogP contribution < -0.4 is 10.1 Å². The number of rotatable bonds is 8. The second-order valence-electron chi connectivity index (χ2n) is 7.09. The number of carbonyl (C=O) groups excluding carboxylic acids is 1. The van der Waals surface area contributed by atoms with Gasteiger partial charge < -0.3 is 15.2 Å². The molecule has 1 heterocycles. The first-order valence-corrected chi connectivity index (χ1v) is 8.86. The van der Waals surface area contributed by atoms with Crippen LogP contribution in [0.15, 0.2) is 24.3 Å². The Morgan fingerprint density at radius 2 is 2.08 bits per heavy atom. The number of aliphatic hydroxyl groups is 1. The number of anilines is 1. The summed E-state index contributed by atoms with van der Waals surface area (Å²) in [5, 5.41) is 13.0. The molecule has 2 atom stereocenters. The largest absolute Gasteiger partial charge is 0.491 e. The summed E-state index contributed by atoms with van der Waals surface area (Å²) < 4.78 is 5.67. The number of benzene rings is 1. The maximum Gasteiger partial charge on any atom is 0.221 e. The zero-order chi connectivity index (χ0) is 17.5. The molecule has 1 saturated heterocycles. The molecule has 1 amide bonds. The van der Waals surface area contributed by atoms with Crippen molar-refractivity contribution >= 4 is 11.6 Å². The van der Waals surface area contributed by atoms with Gasteiger partial charge in [0.2, 0.25) is 5.91 Å². The predicted octanol–water partition coefficient (Wildman–Crippen LogP) is 2.90. The Labute approximate surface area is 145 Å². The Morgan fingerprint density at radius 3 is 2.71 bits per heavy atom. The van der Waals surface area contributed by atoms with Crippen LogP contribution in [-0.2, 0) is 4.79 Å². The molecular weight excluding hydrogens is 304 g/mol. The van der Waals surface area contributed by atoms with Gasteiger partial charge in [-0.3, -0.25) is 9.69 Å². The average Bonchev–Trinajstić information content (AvgIpc) is 2.92. The van der Waals surface area contributed by atoms with Crippen LogP contribution in [0.2, 0.25) is 0 Å². The van der Waals surface area contributed by atoms with Crippen LogP contribution in [0.1, 0.15) is 40.0 Å². The molecule has 134 valence electrons. The highest BCUT2D eigenvalue weighted by atomic mass is 16.5. The Kier molecular flexibility index (Phi) is 7.06. The van der Waals surface area contributed by atoms with E-state index in [-0.39, 0.29) is 12.5 Å². The van der Waals surface area contributed by atoms with Gasteiger partial charge in [-0.25, -0.2) is 0 Å². The van der Waals surface area contributed by atoms with E-state index in [9.17, 15) is 9.90 Å². The van der Waals surface area contributed by atoms with E-state index in [1.165, 1.54) is 26.2 Å². The molecule has 1 aliphatic heterocycles. The molecule has 5 nitrogen and oxygen atoms in total. The Morgan fingerprint density at radius 1 is 1.38 bits per heavy atom. The number of β-amino-alcohol motifs (C(OH)–C–C–N with tert-alkyl or cyclic N) is 1. The van der Waals surface area contributed by atoms with Gasteiger partial charge >= 0.3 is 0 Å². The quantitative estimate of drug-likeness (QED) is 0.767. The standard InChI is InChI=1S/C19H30N2O3/c1-14(2)11-17-5-4-10-21(17)12-18(23)13-24-19-8-6-16(7-9-19)20-15(3)22/h6-9,14,17-18,23H,4-5,10-13H2,1-3H3,(H,20,22). The zero-order valence-corrected chi connectivity index (χ0v) is 15.0. The van der Waals surface area contributed by atoms with Crippen molar-refractivity contribution in [3.05, 3.63) is 24.3 Å². The van der Waals surface area contributed by atoms with Crippen LogP contribution in [0.4, 0.5) is 5.69 Å². The molecule has 0 radical (unpaired) electrons.